The molecule has 0 aliphatic rings. The third-order valence-corrected chi connectivity index (χ3v) is 1.06. The number of rotatable bonds is 1. The lowest BCUT2D eigenvalue weighted by Gasteiger charge is -1.75. The van der Waals surface area contributed by atoms with Crippen LogP contribution in [0.15, 0.2) is 16.8 Å². The molecule has 3 heteroatoms. The van der Waals surface area contributed by atoms with E-state index in [1.807, 2.05) is 0 Å². The Kier molecular flexibility index (Phi) is 4.50. The van der Waals surface area contributed by atoms with Crippen LogP contribution in [0, 0.1) is 11.3 Å². The zero-order chi connectivity index (χ0) is 6.41. The van der Waals surface area contributed by atoms with E-state index in [9.17, 15) is 0 Å². The van der Waals surface area contributed by atoms with E-state index in [4.69, 9.17) is 28.5 Å². The van der Waals surface area contributed by atoms with Gasteiger partial charge in [-0.05, 0) is 0 Å². The zero-order valence-electron chi connectivity index (χ0n) is 3.99. The van der Waals surface area contributed by atoms with Crippen molar-refractivity contribution in [3.05, 3.63) is 16.8 Å². The second-order valence-electron chi connectivity index (χ2n) is 0.956. The molecule has 0 saturated carbocycles. The molecule has 0 aromatic carbocycles. The number of nitrogens with zero attached hydrogens (tertiary/aromatic N) is 1. The number of hydrogen-bond donors (Lipinski definition) is 0. The first-order valence-electron chi connectivity index (χ1n) is 1.86. The fraction of sp³-hybridized carbons (Fsp3) is 0.200. The molecule has 0 aliphatic heterocycles. The second kappa shape index (κ2) is 4.74. The van der Waals surface area contributed by atoms with Crippen molar-refractivity contribution in [1.82, 2.24) is 0 Å². The van der Waals surface area contributed by atoms with Gasteiger partial charge in [0.15, 0.2) is 0 Å². The molecule has 0 unspecified atom stereocenters. The zero-order valence-corrected chi connectivity index (χ0v) is 5.50. The van der Waals surface area contributed by atoms with E-state index in [2.05, 4.69) is 5.73 Å². The number of allylic oxidation sites excluding steroid dienone is 1. The fourth-order valence-electron chi connectivity index (χ4n) is 0.149. The quantitative estimate of drug-likeness (QED) is 0.317. The molecule has 0 spiro atoms. The van der Waals surface area contributed by atoms with Crippen molar-refractivity contribution in [3.8, 4) is 6.07 Å². The van der Waals surface area contributed by atoms with Crippen molar-refractivity contribution in [2.75, 3.05) is 5.88 Å². The molecule has 0 radical (unpaired) electrons. The summed E-state index contributed by atoms with van der Waals surface area (Å²) >= 11 is 10.6. The van der Waals surface area contributed by atoms with Crippen molar-refractivity contribution in [2.24, 2.45) is 0 Å². The average Bonchev–Trinajstić information content (AvgIpc) is 1.83. The van der Waals surface area contributed by atoms with Gasteiger partial charge in [0.25, 0.3) is 0 Å². The summed E-state index contributed by atoms with van der Waals surface area (Å²) in [5.41, 5.74) is 2.45. The summed E-state index contributed by atoms with van der Waals surface area (Å²) in [5.74, 6) is 0.208. The van der Waals surface area contributed by atoms with Crippen molar-refractivity contribution < 1.29 is 0 Å². The van der Waals surface area contributed by atoms with Crippen molar-refractivity contribution in [3.63, 3.8) is 0 Å². The molecule has 0 aromatic heterocycles. The van der Waals surface area contributed by atoms with E-state index < -0.39 is 0 Å². The molecule has 0 bridgehead atoms. The van der Waals surface area contributed by atoms with Gasteiger partial charge in [-0.2, -0.15) is 5.26 Å². The minimum atomic E-state index is 0.208. The Morgan fingerprint density at radius 3 is 2.75 bits per heavy atom. The molecule has 0 saturated heterocycles. The Hall–Kier alpha value is -0.410. The highest BCUT2D eigenvalue weighted by molar-refractivity contribution is 6.35. The normalized spacial score (nSPS) is 6.62. The smallest absolute Gasteiger partial charge is 0.0997 e. The Morgan fingerprint density at radius 2 is 2.38 bits per heavy atom. The van der Waals surface area contributed by atoms with E-state index in [0.717, 1.165) is 6.08 Å². The van der Waals surface area contributed by atoms with Crippen LogP contribution in [-0.4, -0.2) is 5.88 Å². The molecule has 0 rings (SSSR count). The van der Waals surface area contributed by atoms with Gasteiger partial charge in [0.05, 0.1) is 23.1 Å². The van der Waals surface area contributed by atoms with E-state index in [-0.39, 0.29) is 5.88 Å². The summed E-state index contributed by atoms with van der Waals surface area (Å²) in [4.78, 5) is 0. The predicted octanol–water partition coefficient (Wildman–Crippen LogP) is 2.03. The van der Waals surface area contributed by atoms with Crippen LogP contribution in [-0.2, 0) is 0 Å². The highest BCUT2D eigenvalue weighted by Crippen LogP contribution is 1.99. The van der Waals surface area contributed by atoms with E-state index in [0.29, 0.717) is 5.03 Å². The molecule has 0 aliphatic carbocycles. The lowest BCUT2D eigenvalue weighted by Crippen LogP contribution is -1.64. The number of halogens is 2. The van der Waals surface area contributed by atoms with Crippen LogP contribution in [0.1, 0.15) is 0 Å². The lowest BCUT2D eigenvalue weighted by atomic mass is 10.6. The SMILES string of the molecule is N#CC=C=C(Cl)CCl. The lowest BCUT2D eigenvalue weighted by molar-refractivity contribution is 1.53. The summed E-state index contributed by atoms with van der Waals surface area (Å²) in [5, 5.41) is 8.28. The largest absolute Gasteiger partial charge is 0.192 e. The highest BCUT2D eigenvalue weighted by Gasteiger charge is 1.80. The minimum absolute atomic E-state index is 0.208. The maximum atomic E-state index is 7.93. The molecule has 0 aromatic rings. The average molecular weight is 148 g/mol. The molecule has 0 N–H and O–H groups in total. The maximum Gasteiger partial charge on any atom is 0.0997 e. The van der Waals surface area contributed by atoms with Crippen LogP contribution in [0.2, 0.25) is 0 Å². The van der Waals surface area contributed by atoms with Crippen molar-refractivity contribution in [1.29, 1.82) is 5.26 Å². The van der Waals surface area contributed by atoms with Gasteiger partial charge < -0.3 is 0 Å². The molecular formula is C5H3Cl2N. The topological polar surface area (TPSA) is 23.8 Å². The molecule has 0 fully saturated rings. The maximum absolute atomic E-state index is 7.93. The van der Waals surface area contributed by atoms with Crippen LogP contribution in [0.5, 0.6) is 0 Å². The molecular weight excluding hydrogens is 145 g/mol. The number of hydrogen-bond acceptors (Lipinski definition) is 1. The molecule has 0 amide bonds. The molecule has 0 atom stereocenters. The number of nitriles is 1. The highest BCUT2D eigenvalue weighted by atomic mass is 35.5. The van der Waals surface area contributed by atoms with Gasteiger partial charge in [-0.1, -0.05) is 17.3 Å². The Labute approximate surface area is 57.8 Å². The molecule has 0 heterocycles. The predicted molar refractivity (Wildman–Crippen MR) is 33.8 cm³/mol. The number of alkyl halides is 1. The first-order valence-corrected chi connectivity index (χ1v) is 2.77. The van der Waals surface area contributed by atoms with E-state index in [1.54, 1.807) is 6.07 Å². The minimum Gasteiger partial charge on any atom is -0.192 e. The Balaban J connectivity index is 3.97. The van der Waals surface area contributed by atoms with E-state index >= 15 is 0 Å². The van der Waals surface area contributed by atoms with Crippen LogP contribution in [0.3, 0.4) is 0 Å². The van der Waals surface area contributed by atoms with Crippen LogP contribution in [0.4, 0.5) is 0 Å². The summed E-state index contributed by atoms with van der Waals surface area (Å²) < 4.78 is 0. The van der Waals surface area contributed by atoms with Gasteiger partial charge in [0.1, 0.15) is 0 Å². The summed E-state index contributed by atoms with van der Waals surface area (Å²) in [6, 6.07) is 1.73. The van der Waals surface area contributed by atoms with Gasteiger partial charge in [-0.15, -0.1) is 11.6 Å². The van der Waals surface area contributed by atoms with Crippen molar-refractivity contribution >= 4 is 23.2 Å². The van der Waals surface area contributed by atoms with Crippen LogP contribution in [0.25, 0.3) is 0 Å². The Morgan fingerprint density at radius 1 is 1.75 bits per heavy atom. The first kappa shape index (κ1) is 7.59. The monoisotopic (exact) mass is 147 g/mol. The third kappa shape index (κ3) is 3.77. The first-order chi connectivity index (χ1) is 3.81. The van der Waals surface area contributed by atoms with Gasteiger partial charge in [0.2, 0.25) is 0 Å². The Bertz CT molecular complexity index is 160. The van der Waals surface area contributed by atoms with E-state index in [1.165, 1.54) is 0 Å². The van der Waals surface area contributed by atoms with Crippen LogP contribution >= 0.6 is 23.2 Å². The second-order valence-corrected chi connectivity index (χ2v) is 1.68. The van der Waals surface area contributed by atoms with Gasteiger partial charge in [0, 0.05) is 0 Å². The summed E-state index contributed by atoms with van der Waals surface area (Å²) in [6.45, 7) is 0. The van der Waals surface area contributed by atoms with Gasteiger partial charge in [-0.3, -0.25) is 0 Å². The van der Waals surface area contributed by atoms with Crippen LogP contribution < -0.4 is 0 Å². The van der Waals surface area contributed by atoms with Gasteiger partial charge in [-0.25, -0.2) is 0 Å². The standard InChI is InChI=1S/C5H3Cl2N/c6-4-5(7)2-1-3-8/h1H,4H2. The molecule has 42 valence electrons. The fourth-order valence-corrected chi connectivity index (χ4v) is 0.281. The molecule has 8 heavy (non-hydrogen) atoms. The van der Waals surface area contributed by atoms with Crippen molar-refractivity contribution in [2.45, 2.75) is 0 Å². The molecule has 1 nitrogen and oxygen atoms in total. The van der Waals surface area contributed by atoms with Gasteiger partial charge >= 0.3 is 0 Å². The summed E-state index contributed by atoms with van der Waals surface area (Å²) in [7, 11) is 0. The summed E-state index contributed by atoms with van der Waals surface area (Å²) in [6.07, 6.45) is 1.16. The third-order valence-electron chi connectivity index (χ3n) is 0.411.